The van der Waals surface area contributed by atoms with Crippen LogP contribution in [0, 0.1) is 12.8 Å². The first-order chi connectivity index (χ1) is 10.6. The Balaban J connectivity index is 1.90. The molecule has 3 rings (SSSR count). The van der Waals surface area contributed by atoms with Gasteiger partial charge in [-0.05, 0) is 43.4 Å². The number of hydrogen-bond donors (Lipinski definition) is 1. The van der Waals surface area contributed by atoms with E-state index < -0.39 is 0 Å². The molecule has 1 aliphatic rings. The highest BCUT2D eigenvalue weighted by Crippen LogP contribution is 2.27. The summed E-state index contributed by atoms with van der Waals surface area (Å²) in [7, 11) is 0. The molecule has 0 spiro atoms. The third-order valence-corrected chi connectivity index (χ3v) is 4.14. The molecular formula is C18H21N3O. The number of fused-ring (bicyclic) bond motifs is 1. The summed E-state index contributed by atoms with van der Waals surface area (Å²) in [6, 6.07) is 8.26. The molecule has 0 unspecified atom stereocenters. The van der Waals surface area contributed by atoms with Crippen LogP contribution in [-0.2, 0) is 12.8 Å². The minimum absolute atomic E-state index is 0.171. The highest BCUT2D eigenvalue weighted by atomic mass is 16.1. The van der Waals surface area contributed by atoms with Gasteiger partial charge in [-0.15, -0.1) is 0 Å². The van der Waals surface area contributed by atoms with Gasteiger partial charge in [0.15, 0.2) is 5.78 Å². The van der Waals surface area contributed by atoms with Crippen molar-refractivity contribution in [3.05, 3.63) is 46.8 Å². The Hall–Kier alpha value is -2.23. The number of Topliss-reactive ketones (excluding diaryl/α,β-unsaturated/α-hetero) is 1. The number of anilines is 2. The summed E-state index contributed by atoms with van der Waals surface area (Å²) >= 11 is 0. The summed E-state index contributed by atoms with van der Waals surface area (Å²) in [5.41, 5.74) is 4.64. The maximum absolute atomic E-state index is 12.2. The Labute approximate surface area is 131 Å². The van der Waals surface area contributed by atoms with Crippen molar-refractivity contribution in [2.75, 3.05) is 5.32 Å². The van der Waals surface area contributed by atoms with Gasteiger partial charge in [-0.1, -0.05) is 26.0 Å². The van der Waals surface area contributed by atoms with Crippen LogP contribution in [0.5, 0.6) is 0 Å². The van der Waals surface area contributed by atoms with E-state index in [1.165, 1.54) is 5.56 Å². The van der Waals surface area contributed by atoms with Crippen LogP contribution in [-0.4, -0.2) is 15.8 Å². The zero-order valence-electron chi connectivity index (χ0n) is 13.3. The van der Waals surface area contributed by atoms with Crippen LogP contribution in [0.25, 0.3) is 0 Å². The predicted molar refractivity (Wildman–Crippen MR) is 87.7 cm³/mol. The third kappa shape index (κ3) is 2.86. The molecule has 0 radical (unpaired) electrons. The predicted octanol–water partition coefficient (Wildman–Crippen LogP) is 3.86. The summed E-state index contributed by atoms with van der Waals surface area (Å²) < 4.78 is 0. The van der Waals surface area contributed by atoms with Gasteiger partial charge in [0.2, 0.25) is 5.95 Å². The molecule has 0 fully saturated rings. The fraction of sp³-hybridized carbons (Fsp3) is 0.389. The van der Waals surface area contributed by atoms with E-state index in [1.807, 2.05) is 19.1 Å². The van der Waals surface area contributed by atoms with Gasteiger partial charge in [0.25, 0.3) is 0 Å². The highest BCUT2D eigenvalue weighted by Gasteiger charge is 2.26. The number of rotatable bonds is 3. The lowest BCUT2D eigenvalue weighted by molar-refractivity contribution is 0.0951. The first-order valence-corrected chi connectivity index (χ1v) is 7.83. The fourth-order valence-electron chi connectivity index (χ4n) is 2.97. The van der Waals surface area contributed by atoms with E-state index in [2.05, 4.69) is 41.3 Å². The third-order valence-electron chi connectivity index (χ3n) is 4.14. The number of nitrogens with one attached hydrogen (secondary N) is 1. The molecule has 4 nitrogen and oxygen atoms in total. The Kier molecular flexibility index (Phi) is 3.92. The molecule has 0 saturated carbocycles. The van der Waals surface area contributed by atoms with Crippen molar-refractivity contribution >= 4 is 17.4 Å². The SMILES string of the molecule is CCc1ccc(Nc2nc(C)c3c(n2)C[C@@H](C)CC3=O)cc1. The quantitative estimate of drug-likeness (QED) is 0.934. The molecule has 22 heavy (non-hydrogen) atoms. The molecule has 1 aliphatic carbocycles. The van der Waals surface area contributed by atoms with Crippen molar-refractivity contribution in [3.63, 3.8) is 0 Å². The van der Waals surface area contributed by atoms with Crippen molar-refractivity contribution in [3.8, 4) is 0 Å². The number of aryl methyl sites for hydroxylation is 2. The summed E-state index contributed by atoms with van der Waals surface area (Å²) in [4.78, 5) is 21.2. The molecule has 4 heteroatoms. The number of ketones is 1. The normalized spacial score (nSPS) is 17.2. The Morgan fingerprint density at radius 3 is 2.59 bits per heavy atom. The molecular weight excluding hydrogens is 274 g/mol. The zero-order chi connectivity index (χ0) is 15.7. The van der Waals surface area contributed by atoms with Crippen LogP contribution in [0.2, 0.25) is 0 Å². The largest absolute Gasteiger partial charge is 0.324 e. The van der Waals surface area contributed by atoms with E-state index >= 15 is 0 Å². The van der Waals surface area contributed by atoms with Crippen LogP contribution in [0.1, 0.15) is 47.6 Å². The van der Waals surface area contributed by atoms with Gasteiger partial charge < -0.3 is 5.32 Å². The molecule has 0 bridgehead atoms. The van der Waals surface area contributed by atoms with E-state index in [9.17, 15) is 4.79 Å². The number of carbonyl (C=O) groups is 1. The number of nitrogens with zero attached hydrogens (tertiary/aromatic N) is 2. The summed E-state index contributed by atoms with van der Waals surface area (Å²) in [6.07, 6.45) is 2.46. The molecule has 0 aliphatic heterocycles. The molecule has 2 aromatic rings. The first-order valence-electron chi connectivity index (χ1n) is 7.83. The van der Waals surface area contributed by atoms with Crippen molar-refractivity contribution in [1.29, 1.82) is 0 Å². The molecule has 1 aromatic carbocycles. The van der Waals surface area contributed by atoms with Crippen molar-refractivity contribution in [2.24, 2.45) is 5.92 Å². The maximum atomic E-state index is 12.2. The van der Waals surface area contributed by atoms with E-state index in [4.69, 9.17) is 0 Å². The minimum atomic E-state index is 0.171. The monoisotopic (exact) mass is 295 g/mol. The lowest BCUT2D eigenvalue weighted by Crippen LogP contribution is -2.22. The number of carbonyl (C=O) groups excluding carboxylic acids is 1. The number of benzene rings is 1. The summed E-state index contributed by atoms with van der Waals surface area (Å²) in [5.74, 6) is 1.10. The fourth-order valence-corrected chi connectivity index (χ4v) is 2.97. The second kappa shape index (κ2) is 5.87. The van der Waals surface area contributed by atoms with E-state index in [0.29, 0.717) is 18.3 Å². The van der Waals surface area contributed by atoms with Gasteiger partial charge >= 0.3 is 0 Å². The molecule has 114 valence electrons. The van der Waals surface area contributed by atoms with Gasteiger partial charge in [0.05, 0.1) is 17.0 Å². The van der Waals surface area contributed by atoms with E-state index in [0.717, 1.165) is 35.5 Å². The van der Waals surface area contributed by atoms with Crippen LogP contribution < -0.4 is 5.32 Å². The minimum Gasteiger partial charge on any atom is -0.324 e. The second-order valence-electron chi connectivity index (χ2n) is 6.07. The van der Waals surface area contributed by atoms with E-state index in [-0.39, 0.29) is 5.78 Å². The highest BCUT2D eigenvalue weighted by molar-refractivity contribution is 5.99. The second-order valence-corrected chi connectivity index (χ2v) is 6.07. The van der Waals surface area contributed by atoms with Crippen molar-refractivity contribution < 1.29 is 4.79 Å². The Morgan fingerprint density at radius 2 is 1.91 bits per heavy atom. The van der Waals surface area contributed by atoms with Crippen molar-refractivity contribution in [2.45, 2.75) is 40.0 Å². The molecule has 1 N–H and O–H groups in total. The molecule has 1 atom stereocenters. The van der Waals surface area contributed by atoms with Crippen LogP contribution in [0.4, 0.5) is 11.6 Å². The zero-order valence-corrected chi connectivity index (χ0v) is 13.3. The topological polar surface area (TPSA) is 54.9 Å². The average Bonchev–Trinajstić information content (AvgIpc) is 2.46. The van der Waals surface area contributed by atoms with Crippen molar-refractivity contribution in [1.82, 2.24) is 9.97 Å². The average molecular weight is 295 g/mol. The Bertz CT molecular complexity index is 707. The Morgan fingerprint density at radius 1 is 1.18 bits per heavy atom. The van der Waals surface area contributed by atoms with Gasteiger partial charge in [-0.2, -0.15) is 0 Å². The van der Waals surface area contributed by atoms with Crippen LogP contribution in [0.15, 0.2) is 24.3 Å². The van der Waals surface area contributed by atoms with Gasteiger partial charge in [-0.25, -0.2) is 9.97 Å². The summed E-state index contributed by atoms with van der Waals surface area (Å²) in [5, 5.41) is 3.24. The van der Waals surface area contributed by atoms with Crippen LogP contribution >= 0.6 is 0 Å². The maximum Gasteiger partial charge on any atom is 0.227 e. The molecule has 1 heterocycles. The lowest BCUT2D eigenvalue weighted by atomic mass is 9.86. The van der Waals surface area contributed by atoms with E-state index in [1.54, 1.807) is 0 Å². The van der Waals surface area contributed by atoms with Gasteiger partial charge in [0, 0.05) is 12.1 Å². The lowest BCUT2D eigenvalue weighted by Gasteiger charge is -2.21. The number of aromatic nitrogens is 2. The molecule has 0 amide bonds. The van der Waals surface area contributed by atoms with Gasteiger partial charge in [-0.3, -0.25) is 4.79 Å². The smallest absolute Gasteiger partial charge is 0.227 e. The summed E-state index contributed by atoms with van der Waals surface area (Å²) in [6.45, 7) is 6.12. The number of hydrogen-bond acceptors (Lipinski definition) is 4. The van der Waals surface area contributed by atoms with Crippen LogP contribution in [0.3, 0.4) is 0 Å². The molecule has 0 saturated heterocycles. The standard InChI is InChI=1S/C18H21N3O/c1-4-13-5-7-14(8-6-13)20-18-19-12(3)17-15(21-18)9-11(2)10-16(17)22/h5-8,11H,4,9-10H2,1-3H3,(H,19,20,21)/t11-/m1/s1. The van der Waals surface area contributed by atoms with Gasteiger partial charge in [0.1, 0.15) is 0 Å². The molecule has 1 aromatic heterocycles. The first kappa shape index (κ1) is 14.7.